The Balaban J connectivity index is 1.51. The summed E-state index contributed by atoms with van der Waals surface area (Å²) in [4.78, 5) is 0.458. The first-order valence-electron chi connectivity index (χ1n) is 11.5. The highest BCUT2D eigenvalue weighted by atomic mass is 32.2. The minimum Gasteiger partial charge on any atom is -0.373 e. The minimum absolute atomic E-state index is 0.156. The Morgan fingerprint density at radius 2 is 0.824 bits per heavy atom. The lowest BCUT2D eigenvalue weighted by Crippen LogP contribution is -2.48. The van der Waals surface area contributed by atoms with E-state index in [1.54, 1.807) is 48.5 Å². The van der Waals surface area contributed by atoms with Crippen LogP contribution in [0.1, 0.15) is 27.7 Å². The Morgan fingerprint density at radius 1 is 0.559 bits per heavy atom. The second-order valence-corrected chi connectivity index (χ2v) is 13.1. The third-order valence-corrected chi connectivity index (χ3v) is 9.78. The second kappa shape index (κ2) is 9.67. The lowest BCUT2D eigenvalue weighted by atomic mass is 10.1. The number of hydrogen-bond donors (Lipinski definition) is 0. The van der Waals surface area contributed by atoms with E-state index in [1.807, 2.05) is 27.7 Å². The van der Waals surface area contributed by atoms with Crippen molar-refractivity contribution in [2.45, 2.75) is 61.9 Å². The molecule has 2 aliphatic heterocycles. The van der Waals surface area contributed by atoms with Crippen molar-refractivity contribution in [3.05, 3.63) is 48.5 Å². The van der Waals surface area contributed by atoms with Gasteiger partial charge >= 0.3 is 0 Å². The number of benzene rings is 2. The highest BCUT2D eigenvalue weighted by molar-refractivity contribution is 7.89. The summed E-state index contributed by atoms with van der Waals surface area (Å²) < 4.78 is 66.5. The first-order chi connectivity index (χ1) is 16.0. The van der Waals surface area contributed by atoms with Gasteiger partial charge < -0.3 is 9.47 Å². The lowest BCUT2D eigenvalue weighted by Gasteiger charge is -2.34. The molecule has 0 aliphatic carbocycles. The molecule has 4 rings (SSSR count). The van der Waals surface area contributed by atoms with Crippen molar-refractivity contribution in [2.75, 3.05) is 26.2 Å². The van der Waals surface area contributed by atoms with Gasteiger partial charge in [0.05, 0.1) is 34.2 Å². The summed E-state index contributed by atoms with van der Waals surface area (Å²) in [5.41, 5.74) is 1.61. The van der Waals surface area contributed by atoms with E-state index in [4.69, 9.17) is 9.47 Å². The molecule has 10 heteroatoms. The van der Waals surface area contributed by atoms with Gasteiger partial charge in [0.25, 0.3) is 0 Å². The van der Waals surface area contributed by atoms with Gasteiger partial charge in [0.15, 0.2) is 0 Å². The van der Waals surface area contributed by atoms with Crippen LogP contribution in [0, 0.1) is 0 Å². The zero-order valence-corrected chi connectivity index (χ0v) is 21.6. The fourth-order valence-corrected chi connectivity index (χ4v) is 7.77. The van der Waals surface area contributed by atoms with Gasteiger partial charge in [-0.15, -0.1) is 0 Å². The standard InChI is InChI=1S/C24H32N2O6S2/c1-17-13-25(14-18(2)31-17)33(27,28)23-9-5-21(6-10-23)22-7-11-24(12-8-22)34(29,30)26-15-19(3)32-20(4)16-26/h5-12,17-20H,13-16H2,1-4H3/t17-,18-,19+,20+. The highest BCUT2D eigenvalue weighted by Crippen LogP contribution is 2.27. The van der Waals surface area contributed by atoms with Crippen LogP contribution in [-0.2, 0) is 29.5 Å². The molecule has 0 aromatic heterocycles. The van der Waals surface area contributed by atoms with Gasteiger partial charge in [-0.3, -0.25) is 0 Å². The van der Waals surface area contributed by atoms with Crippen molar-refractivity contribution >= 4 is 20.0 Å². The first-order valence-corrected chi connectivity index (χ1v) is 14.4. The maximum atomic E-state index is 13.1. The fourth-order valence-electron chi connectivity index (χ4n) is 4.59. The minimum atomic E-state index is -3.62. The molecule has 2 aromatic carbocycles. The van der Waals surface area contributed by atoms with E-state index < -0.39 is 20.0 Å². The number of morpholine rings is 2. The van der Waals surface area contributed by atoms with Gasteiger partial charge in [0, 0.05) is 26.2 Å². The molecule has 0 radical (unpaired) electrons. The second-order valence-electron chi connectivity index (χ2n) is 9.21. The molecule has 186 valence electrons. The first kappa shape index (κ1) is 25.3. The number of rotatable bonds is 5. The van der Waals surface area contributed by atoms with E-state index in [-0.39, 0.29) is 34.2 Å². The maximum Gasteiger partial charge on any atom is 0.243 e. The molecule has 0 bridgehead atoms. The average molecular weight is 509 g/mol. The molecule has 4 atom stereocenters. The molecule has 2 fully saturated rings. The zero-order chi connectivity index (χ0) is 24.7. The van der Waals surface area contributed by atoms with Crippen LogP contribution in [0.4, 0.5) is 0 Å². The van der Waals surface area contributed by atoms with Crippen LogP contribution in [-0.4, -0.2) is 76.0 Å². The molecule has 2 heterocycles. The van der Waals surface area contributed by atoms with Crippen LogP contribution in [0.3, 0.4) is 0 Å². The van der Waals surface area contributed by atoms with Crippen LogP contribution in [0.2, 0.25) is 0 Å². The maximum absolute atomic E-state index is 13.1. The van der Waals surface area contributed by atoms with E-state index in [1.165, 1.54) is 8.61 Å². The molecule has 2 aliphatic rings. The Morgan fingerprint density at radius 3 is 1.09 bits per heavy atom. The molecule has 0 unspecified atom stereocenters. The Kier molecular flexibility index (Phi) is 7.19. The zero-order valence-electron chi connectivity index (χ0n) is 19.9. The van der Waals surface area contributed by atoms with Crippen molar-refractivity contribution in [2.24, 2.45) is 0 Å². The van der Waals surface area contributed by atoms with Gasteiger partial charge in [-0.05, 0) is 63.1 Å². The lowest BCUT2D eigenvalue weighted by molar-refractivity contribution is -0.0442. The van der Waals surface area contributed by atoms with Crippen LogP contribution >= 0.6 is 0 Å². The summed E-state index contributed by atoms with van der Waals surface area (Å²) in [6.45, 7) is 8.76. The van der Waals surface area contributed by atoms with Crippen LogP contribution in [0.25, 0.3) is 11.1 Å². The predicted molar refractivity (Wildman–Crippen MR) is 129 cm³/mol. The monoisotopic (exact) mass is 508 g/mol. The SMILES string of the molecule is C[C@@H]1CN(S(=O)(=O)c2ccc(-c3ccc(S(=O)(=O)N4C[C@H](C)O[C@@H](C)C4)cc3)cc2)C[C@@H](C)O1. The van der Waals surface area contributed by atoms with E-state index in [9.17, 15) is 16.8 Å². The Bertz CT molecular complexity index is 1100. The summed E-state index contributed by atoms with van der Waals surface area (Å²) in [5.74, 6) is 0. The van der Waals surface area contributed by atoms with Crippen LogP contribution < -0.4 is 0 Å². The van der Waals surface area contributed by atoms with Gasteiger partial charge in [-0.2, -0.15) is 8.61 Å². The number of hydrogen-bond acceptors (Lipinski definition) is 6. The van der Waals surface area contributed by atoms with Crippen molar-refractivity contribution in [1.29, 1.82) is 0 Å². The molecule has 0 saturated carbocycles. The number of sulfonamides is 2. The highest BCUT2D eigenvalue weighted by Gasteiger charge is 2.33. The quantitative estimate of drug-likeness (QED) is 0.617. The molecular weight excluding hydrogens is 476 g/mol. The molecule has 0 spiro atoms. The topological polar surface area (TPSA) is 93.2 Å². The molecule has 34 heavy (non-hydrogen) atoms. The molecule has 2 saturated heterocycles. The summed E-state index contributed by atoms with van der Waals surface area (Å²) in [6, 6.07) is 13.4. The van der Waals surface area contributed by atoms with E-state index in [0.717, 1.165) is 11.1 Å². The Labute approximate surface area is 202 Å². The van der Waals surface area contributed by atoms with Crippen molar-refractivity contribution < 1.29 is 26.3 Å². The van der Waals surface area contributed by atoms with Gasteiger partial charge in [-0.25, -0.2) is 16.8 Å². The number of nitrogens with zero attached hydrogens (tertiary/aromatic N) is 2. The smallest absolute Gasteiger partial charge is 0.243 e. The fraction of sp³-hybridized carbons (Fsp3) is 0.500. The molecule has 0 amide bonds. The van der Waals surface area contributed by atoms with Crippen molar-refractivity contribution in [3.8, 4) is 11.1 Å². The van der Waals surface area contributed by atoms with Gasteiger partial charge in [-0.1, -0.05) is 24.3 Å². The third-order valence-electron chi connectivity index (χ3n) is 6.09. The molecular formula is C24H32N2O6S2. The largest absolute Gasteiger partial charge is 0.373 e. The van der Waals surface area contributed by atoms with E-state index in [2.05, 4.69) is 0 Å². The molecule has 0 N–H and O–H groups in total. The Hall–Kier alpha value is -1.82. The predicted octanol–water partition coefficient (Wildman–Crippen LogP) is 2.95. The molecule has 8 nitrogen and oxygen atoms in total. The van der Waals surface area contributed by atoms with Crippen LogP contribution in [0.15, 0.2) is 58.3 Å². The van der Waals surface area contributed by atoms with Gasteiger partial charge in [0.1, 0.15) is 0 Å². The summed E-state index contributed by atoms with van der Waals surface area (Å²) in [5, 5.41) is 0. The third kappa shape index (κ3) is 5.22. The summed E-state index contributed by atoms with van der Waals surface area (Å²) >= 11 is 0. The van der Waals surface area contributed by atoms with Crippen LogP contribution in [0.5, 0.6) is 0 Å². The molecule has 2 aromatic rings. The average Bonchev–Trinajstić information content (AvgIpc) is 2.78. The van der Waals surface area contributed by atoms with Crippen molar-refractivity contribution in [3.63, 3.8) is 0 Å². The normalized spacial score (nSPS) is 27.5. The summed E-state index contributed by atoms with van der Waals surface area (Å²) in [6.07, 6.45) is -0.624. The number of ether oxygens (including phenoxy) is 2. The van der Waals surface area contributed by atoms with E-state index >= 15 is 0 Å². The van der Waals surface area contributed by atoms with Crippen molar-refractivity contribution in [1.82, 2.24) is 8.61 Å². The summed E-state index contributed by atoms with van der Waals surface area (Å²) in [7, 11) is -7.23. The van der Waals surface area contributed by atoms with Gasteiger partial charge in [0.2, 0.25) is 20.0 Å². The van der Waals surface area contributed by atoms with E-state index in [0.29, 0.717) is 26.2 Å².